The number of rotatable bonds is 2. The average molecular weight is 207 g/mol. The Balaban J connectivity index is 2.52. The lowest BCUT2D eigenvalue weighted by Crippen LogP contribution is -2.07. The molecule has 6 nitrogen and oxygen atoms in total. The molecule has 2 aromatic heterocycles. The van der Waals surface area contributed by atoms with Crippen LogP contribution < -0.4 is 0 Å². The molecule has 0 fully saturated rings. The third-order valence-electron chi connectivity index (χ3n) is 1.84. The molecule has 0 unspecified atom stereocenters. The Kier molecular flexibility index (Phi) is 2.24. The smallest absolute Gasteiger partial charge is 0.357 e. The van der Waals surface area contributed by atoms with Gasteiger partial charge in [0.05, 0.1) is 25.2 Å². The molecular formula is C9H9N3O3. The molecule has 0 spiro atoms. The molecule has 0 saturated heterocycles. The van der Waals surface area contributed by atoms with Crippen molar-refractivity contribution >= 4 is 11.7 Å². The van der Waals surface area contributed by atoms with Crippen molar-refractivity contribution in [2.24, 2.45) is 0 Å². The summed E-state index contributed by atoms with van der Waals surface area (Å²) in [6, 6.07) is 0. The molecule has 15 heavy (non-hydrogen) atoms. The van der Waals surface area contributed by atoms with Gasteiger partial charge in [-0.3, -0.25) is 4.40 Å². The van der Waals surface area contributed by atoms with Gasteiger partial charge in [-0.25, -0.2) is 14.8 Å². The average Bonchev–Trinajstić information content (AvgIpc) is 2.60. The van der Waals surface area contributed by atoms with Crippen LogP contribution in [0.5, 0.6) is 5.75 Å². The Labute approximate surface area is 85.2 Å². The Hall–Kier alpha value is -2.11. The highest BCUT2D eigenvalue weighted by Gasteiger charge is 2.13. The van der Waals surface area contributed by atoms with Gasteiger partial charge in [0.2, 0.25) is 5.78 Å². The van der Waals surface area contributed by atoms with Crippen molar-refractivity contribution in [3.8, 4) is 5.75 Å². The van der Waals surface area contributed by atoms with E-state index in [-0.39, 0.29) is 18.1 Å². The second kappa shape index (κ2) is 3.56. The summed E-state index contributed by atoms with van der Waals surface area (Å²) in [7, 11) is 0. The first-order valence-electron chi connectivity index (χ1n) is 4.41. The second-order valence-electron chi connectivity index (χ2n) is 2.85. The molecule has 2 aromatic rings. The predicted molar refractivity (Wildman–Crippen MR) is 50.6 cm³/mol. The van der Waals surface area contributed by atoms with Gasteiger partial charge in [0.25, 0.3) is 0 Å². The van der Waals surface area contributed by atoms with Crippen molar-refractivity contribution in [2.75, 3.05) is 6.61 Å². The molecule has 1 N–H and O–H groups in total. The SMILES string of the molecule is CCOC(=O)c1cnc2ncc(O)cn12. The Morgan fingerprint density at radius 3 is 3.00 bits per heavy atom. The number of ether oxygens (including phenoxy) is 1. The van der Waals surface area contributed by atoms with E-state index < -0.39 is 5.97 Å². The molecule has 2 heterocycles. The number of hydrogen-bond acceptors (Lipinski definition) is 5. The zero-order valence-corrected chi connectivity index (χ0v) is 8.04. The predicted octanol–water partition coefficient (Wildman–Crippen LogP) is 0.612. The molecule has 2 rings (SSSR count). The third kappa shape index (κ3) is 1.61. The maximum Gasteiger partial charge on any atom is 0.357 e. The fourth-order valence-corrected chi connectivity index (χ4v) is 1.22. The quantitative estimate of drug-likeness (QED) is 0.730. The Morgan fingerprint density at radius 1 is 1.53 bits per heavy atom. The first-order valence-corrected chi connectivity index (χ1v) is 4.41. The lowest BCUT2D eigenvalue weighted by molar-refractivity contribution is 0.0518. The van der Waals surface area contributed by atoms with Crippen LogP contribution in [0.3, 0.4) is 0 Å². The van der Waals surface area contributed by atoms with Crippen LogP contribution in [0.2, 0.25) is 0 Å². The van der Waals surface area contributed by atoms with Crippen molar-refractivity contribution in [1.29, 1.82) is 0 Å². The summed E-state index contributed by atoms with van der Waals surface area (Å²) >= 11 is 0. The standard InChI is InChI=1S/C9H9N3O3/c1-2-15-8(14)7-4-11-9-10-3-6(13)5-12(7)9/h3-5,13H,2H2,1H3. The van der Waals surface area contributed by atoms with Crippen LogP contribution in [0.25, 0.3) is 5.78 Å². The molecule has 6 heteroatoms. The molecule has 0 aliphatic carbocycles. The Morgan fingerprint density at radius 2 is 2.27 bits per heavy atom. The van der Waals surface area contributed by atoms with E-state index >= 15 is 0 Å². The summed E-state index contributed by atoms with van der Waals surface area (Å²) in [4.78, 5) is 19.2. The van der Waals surface area contributed by atoms with Crippen LogP contribution in [0.1, 0.15) is 17.4 Å². The van der Waals surface area contributed by atoms with Crippen molar-refractivity contribution in [3.05, 3.63) is 24.3 Å². The fraction of sp³-hybridized carbons (Fsp3) is 0.222. The number of esters is 1. The molecule has 0 aliphatic heterocycles. The van der Waals surface area contributed by atoms with Crippen LogP contribution in [-0.2, 0) is 4.74 Å². The van der Waals surface area contributed by atoms with Gasteiger partial charge in [-0.15, -0.1) is 0 Å². The lowest BCUT2D eigenvalue weighted by Gasteiger charge is -2.00. The molecule has 78 valence electrons. The fourth-order valence-electron chi connectivity index (χ4n) is 1.22. The maximum atomic E-state index is 11.4. The minimum atomic E-state index is -0.489. The van der Waals surface area contributed by atoms with E-state index in [4.69, 9.17) is 4.74 Å². The molecule has 0 saturated carbocycles. The first-order chi connectivity index (χ1) is 7.22. The number of aromatic nitrogens is 3. The molecule has 0 amide bonds. The zero-order valence-electron chi connectivity index (χ0n) is 8.04. The van der Waals surface area contributed by atoms with Crippen LogP contribution in [-0.4, -0.2) is 32.1 Å². The largest absolute Gasteiger partial charge is 0.505 e. The molecule has 0 bridgehead atoms. The number of carbonyl (C=O) groups excluding carboxylic acids is 1. The summed E-state index contributed by atoms with van der Waals surface area (Å²) in [5, 5.41) is 9.22. The molecular weight excluding hydrogens is 198 g/mol. The molecule has 0 aliphatic rings. The summed E-state index contributed by atoms with van der Waals surface area (Å²) in [5.41, 5.74) is 0.246. The van der Waals surface area contributed by atoms with E-state index in [9.17, 15) is 9.90 Å². The number of imidazole rings is 1. The van der Waals surface area contributed by atoms with Crippen molar-refractivity contribution in [3.63, 3.8) is 0 Å². The third-order valence-corrected chi connectivity index (χ3v) is 1.84. The Bertz CT molecular complexity index is 506. The number of aromatic hydroxyl groups is 1. The van der Waals surface area contributed by atoms with Gasteiger partial charge in [0.1, 0.15) is 0 Å². The van der Waals surface area contributed by atoms with Crippen LogP contribution in [0.4, 0.5) is 0 Å². The van der Waals surface area contributed by atoms with E-state index in [1.54, 1.807) is 6.92 Å². The maximum absolute atomic E-state index is 11.4. The van der Waals surface area contributed by atoms with E-state index in [2.05, 4.69) is 9.97 Å². The summed E-state index contributed by atoms with van der Waals surface area (Å²) in [6.45, 7) is 2.01. The highest BCUT2D eigenvalue weighted by molar-refractivity contribution is 5.88. The van der Waals surface area contributed by atoms with Crippen molar-refractivity contribution in [1.82, 2.24) is 14.4 Å². The number of nitrogens with zero attached hydrogens (tertiary/aromatic N) is 3. The van der Waals surface area contributed by atoms with Crippen molar-refractivity contribution in [2.45, 2.75) is 6.92 Å². The van der Waals surface area contributed by atoms with E-state index in [0.717, 1.165) is 0 Å². The number of fused-ring (bicyclic) bond motifs is 1. The van der Waals surface area contributed by atoms with Crippen LogP contribution in [0, 0.1) is 0 Å². The zero-order chi connectivity index (χ0) is 10.8. The molecule has 0 radical (unpaired) electrons. The summed E-state index contributed by atoms with van der Waals surface area (Å²) < 4.78 is 6.21. The van der Waals surface area contributed by atoms with Gasteiger partial charge >= 0.3 is 5.97 Å². The summed E-state index contributed by atoms with van der Waals surface area (Å²) in [5.74, 6) is -0.181. The van der Waals surface area contributed by atoms with Crippen LogP contribution in [0.15, 0.2) is 18.6 Å². The monoisotopic (exact) mass is 207 g/mol. The number of carbonyl (C=O) groups is 1. The second-order valence-corrected chi connectivity index (χ2v) is 2.85. The lowest BCUT2D eigenvalue weighted by atomic mass is 10.5. The van der Waals surface area contributed by atoms with Gasteiger partial charge in [0, 0.05) is 0 Å². The molecule has 0 aromatic carbocycles. The highest BCUT2D eigenvalue weighted by atomic mass is 16.5. The first kappa shape index (κ1) is 9.45. The topological polar surface area (TPSA) is 76.7 Å². The van der Waals surface area contributed by atoms with E-state index in [0.29, 0.717) is 5.78 Å². The van der Waals surface area contributed by atoms with E-state index in [1.165, 1.54) is 23.0 Å². The minimum Gasteiger partial charge on any atom is -0.505 e. The van der Waals surface area contributed by atoms with Crippen molar-refractivity contribution < 1.29 is 14.6 Å². The highest BCUT2D eigenvalue weighted by Crippen LogP contribution is 2.11. The molecule has 0 atom stereocenters. The van der Waals surface area contributed by atoms with Crippen LogP contribution >= 0.6 is 0 Å². The normalized spacial score (nSPS) is 10.5. The van der Waals surface area contributed by atoms with Gasteiger partial charge in [-0.1, -0.05) is 0 Å². The van der Waals surface area contributed by atoms with Gasteiger partial charge < -0.3 is 9.84 Å². The summed E-state index contributed by atoms with van der Waals surface area (Å²) in [6.07, 6.45) is 3.98. The van der Waals surface area contributed by atoms with E-state index in [1.807, 2.05) is 0 Å². The van der Waals surface area contributed by atoms with Gasteiger partial charge in [-0.05, 0) is 6.92 Å². The minimum absolute atomic E-state index is 0.0361. The number of hydrogen-bond donors (Lipinski definition) is 1. The van der Waals surface area contributed by atoms with Gasteiger partial charge in [-0.2, -0.15) is 0 Å². The van der Waals surface area contributed by atoms with Gasteiger partial charge in [0.15, 0.2) is 11.4 Å².